The topological polar surface area (TPSA) is 48.9 Å². The van der Waals surface area contributed by atoms with Crippen LogP contribution in [0, 0.1) is 5.92 Å². The van der Waals surface area contributed by atoms with Crippen molar-refractivity contribution in [2.75, 3.05) is 27.2 Å². The molecule has 1 heterocycles. The van der Waals surface area contributed by atoms with Crippen molar-refractivity contribution >= 4 is 40.7 Å². The predicted molar refractivity (Wildman–Crippen MR) is 129 cm³/mol. The number of aliphatic imine (C=N–C) groups is 1. The molecule has 6 heteroatoms. The highest BCUT2D eigenvalue weighted by Gasteiger charge is 2.31. The number of hydrogen-bond acceptors (Lipinski definition) is 3. The van der Waals surface area contributed by atoms with Crippen LogP contribution in [0.5, 0.6) is 5.75 Å². The fourth-order valence-corrected chi connectivity index (χ4v) is 3.68. The summed E-state index contributed by atoms with van der Waals surface area (Å²) in [6.45, 7) is 9.79. The molecule has 1 aliphatic rings. The molecule has 1 fully saturated rings. The molecule has 1 aliphatic heterocycles. The minimum Gasteiger partial charge on any atom is -0.497 e. The van der Waals surface area contributed by atoms with Crippen LogP contribution in [0.2, 0.25) is 0 Å². The van der Waals surface area contributed by atoms with Gasteiger partial charge in [0, 0.05) is 38.8 Å². The van der Waals surface area contributed by atoms with Crippen LogP contribution >= 0.6 is 24.0 Å². The number of fused-ring (bicyclic) bond motifs is 1. The zero-order valence-electron chi connectivity index (χ0n) is 17.5. The lowest BCUT2D eigenvalue weighted by Crippen LogP contribution is -2.46. The van der Waals surface area contributed by atoms with E-state index in [0.29, 0.717) is 18.0 Å². The molecule has 0 radical (unpaired) electrons. The summed E-state index contributed by atoms with van der Waals surface area (Å²) in [4.78, 5) is 6.94. The smallest absolute Gasteiger partial charge is 0.191 e. The zero-order chi connectivity index (χ0) is 19.4. The van der Waals surface area contributed by atoms with Crippen LogP contribution in [0.1, 0.15) is 26.3 Å². The van der Waals surface area contributed by atoms with Gasteiger partial charge in [0.2, 0.25) is 0 Å². The molecule has 2 aromatic carbocycles. The van der Waals surface area contributed by atoms with Gasteiger partial charge in [0.1, 0.15) is 5.75 Å². The lowest BCUT2D eigenvalue weighted by Gasteiger charge is -2.22. The minimum atomic E-state index is 0. The van der Waals surface area contributed by atoms with E-state index >= 15 is 0 Å². The minimum absolute atomic E-state index is 0. The number of methoxy groups -OCH3 is 1. The lowest BCUT2D eigenvalue weighted by molar-refractivity contribution is 0.265. The Morgan fingerprint density at radius 3 is 2.54 bits per heavy atom. The maximum atomic E-state index is 5.30. The van der Waals surface area contributed by atoms with Crippen LogP contribution in [0.15, 0.2) is 41.4 Å². The summed E-state index contributed by atoms with van der Waals surface area (Å²) in [7, 11) is 3.53. The van der Waals surface area contributed by atoms with Gasteiger partial charge >= 0.3 is 0 Å². The Bertz CT molecular complexity index is 808. The standard InChI is InChI=1S/C22H32N4O.HI/c1-15(2)26-13-16(3)21(14-26)25-22(23-4)24-12-17-6-7-19-11-20(27-5)9-8-18(19)10-17;/h6-11,15-16,21H,12-14H2,1-5H3,(H2,23,24,25);1H. The van der Waals surface area contributed by atoms with Crippen molar-refractivity contribution in [3.63, 3.8) is 0 Å². The molecular formula is C22H33IN4O. The summed E-state index contributed by atoms with van der Waals surface area (Å²) in [5, 5.41) is 9.47. The van der Waals surface area contributed by atoms with Crippen LogP contribution in [-0.2, 0) is 6.54 Å². The van der Waals surface area contributed by atoms with E-state index < -0.39 is 0 Å². The number of benzene rings is 2. The Balaban J connectivity index is 0.00000280. The highest BCUT2D eigenvalue weighted by Crippen LogP contribution is 2.22. The van der Waals surface area contributed by atoms with Crippen LogP contribution in [-0.4, -0.2) is 50.2 Å². The molecule has 5 nitrogen and oxygen atoms in total. The van der Waals surface area contributed by atoms with E-state index in [2.05, 4.69) is 71.6 Å². The molecule has 2 unspecified atom stereocenters. The monoisotopic (exact) mass is 496 g/mol. The fourth-order valence-electron chi connectivity index (χ4n) is 3.68. The quantitative estimate of drug-likeness (QED) is 0.375. The first-order chi connectivity index (χ1) is 13.0. The third-order valence-electron chi connectivity index (χ3n) is 5.49. The largest absolute Gasteiger partial charge is 0.497 e. The number of guanidine groups is 1. The number of nitrogens with one attached hydrogen (secondary N) is 2. The van der Waals surface area contributed by atoms with Gasteiger partial charge in [-0.05, 0) is 54.3 Å². The Morgan fingerprint density at radius 1 is 1.18 bits per heavy atom. The predicted octanol–water partition coefficient (Wildman–Crippen LogP) is 3.86. The van der Waals surface area contributed by atoms with Gasteiger partial charge in [0.15, 0.2) is 5.96 Å². The van der Waals surface area contributed by atoms with Crippen LogP contribution in [0.25, 0.3) is 10.8 Å². The van der Waals surface area contributed by atoms with Crippen molar-refractivity contribution in [3.05, 3.63) is 42.0 Å². The van der Waals surface area contributed by atoms with Crippen LogP contribution in [0.4, 0.5) is 0 Å². The van der Waals surface area contributed by atoms with Gasteiger partial charge in [-0.15, -0.1) is 24.0 Å². The summed E-state index contributed by atoms with van der Waals surface area (Å²) < 4.78 is 5.30. The second kappa shape index (κ2) is 10.3. The summed E-state index contributed by atoms with van der Waals surface area (Å²) in [5.41, 5.74) is 1.24. The molecule has 2 N–H and O–H groups in total. The van der Waals surface area contributed by atoms with Gasteiger partial charge in [0.05, 0.1) is 7.11 Å². The average Bonchev–Trinajstić information content (AvgIpc) is 3.05. The number of nitrogens with zero attached hydrogens (tertiary/aromatic N) is 2. The van der Waals surface area contributed by atoms with E-state index in [1.165, 1.54) is 16.3 Å². The van der Waals surface area contributed by atoms with Gasteiger partial charge in [-0.2, -0.15) is 0 Å². The number of ether oxygens (including phenoxy) is 1. The van der Waals surface area contributed by atoms with E-state index in [-0.39, 0.29) is 24.0 Å². The molecule has 0 bridgehead atoms. The molecule has 0 aliphatic carbocycles. The molecule has 1 saturated heterocycles. The van der Waals surface area contributed by atoms with Crippen molar-refractivity contribution in [1.82, 2.24) is 15.5 Å². The maximum absolute atomic E-state index is 5.30. The number of hydrogen-bond donors (Lipinski definition) is 2. The summed E-state index contributed by atoms with van der Waals surface area (Å²) in [5.74, 6) is 2.37. The molecular weight excluding hydrogens is 463 g/mol. The second-order valence-corrected chi connectivity index (χ2v) is 7.75. The molecule has 2 atom stereocenters. The van der Waals surface area contributed by atoms with Gasteiger partial charge in [0.25, 0.3) is 0 Å². The molecule has 0 aromatic heterocycles. The maximum Gasteiger partial charge on any atom is 0.191 e. The third-order valence-corrected chi connectivity index (χ3v) is 5.49. The molecule has 0 saturated carbocycles. The van der Waals surface area contributed by atoms with Crippen LogP contribution in [0.3, 0.4) is 0 Å². The summed E-state index contributed by atoms with van der Waals surface area (Å²) in [6, 6.07) is 13.7. The van der Waals surface area contributed by atoms with Crippen LogP contribution < -0.4 is 15.4 Å². The fraction of sp³-hybridized carbons (Fsp3) is 0.500. The Kier molecular flexibility index (Phi) is 8.37. The first-order valence-corrected chi connectivity index (χ1v) is 9.78. The molecule has 0 amide bonds. The second-order valence-electron chi connectivity index (χ2n) is 7.75. The third kappa shape index (κ3) is 5.50. The molecule has 3 rings (SSSR count). The van der Waals surface area contributed by atoms with Gasteiger partial charge in [-0.3, -0.25) is 9.89 Å². The summed E-state index contributed by atoms with van der Waals surface area (Å²) >= 11 is 0. The van der Waals surface area contributed by atoms with Gasteiger partial charge < -0.3 is 15.4 Å². The van der Waals surface area contributed by atoms with E-state index in [9.17, 15) is 0 Å². The molecule has 0 spiro atoms. The Morgan fingerprint density at radius 2 is 1.89 bits per heavy atom. The first kappa shape index (κ1) is 22.7. The normalized spacial score (nSPS) is 20.3. The Hall–Kier alpha value is -1.54. The van der Waals surface area contributed by atoms with E-state index in [0.717, 1.165) is 31.3 Å². The number of rotatable bonds is 5. The van der Waals surface area contributed by atoms with Crippen molar-refractivity contribution in [1.29, 1.82) is 0 Å². The number of likely N-dealkylation sites (tertiary alicyclic amines) is 1. The summed E-state index contributed by atoms with van der Waals surface area (Å²) in [6.07, 6.45) is 0. The SMILES string of the molecule is CN=C(NCc1ccc2cc(OC)ccc2c1)NC1CN(C(C)C)CC1C.I. The van der Waals surface area contributed by atoms with Crippen molar-refractivity contribution in [2.45, 2.75) is 39.4 Å². The Labute approximate surface area is 185 Å². The zero-order valence-corrected chi connectivity index (χ0v) is 19.9. The average molecular weight is 496 g/mol. The highest BCUT2D eigenvalue weighted by atomic mass is 127. The van der Waals surface area contributed by atoms with Gasteiger partial charge in [-0.25, -0.2) is 0 Å². The van der Waals surface area contributed by atoms with Crippen molar-refractivity contribution in [3.8, 4) is 5.75 Å². The first-order valence-electron chi connectivity index (χ1n) is 9.78. The lowest BCUT2D eigenvalue weighted by atomic mass is 10.1. The number of halogens is 1. The molecule has 2 aromatic rings. The molecule has 28 heavy (non-hydrogen) atoms. The van der Waals surface area contributed by atoms with Crippen molar-refractivity contribution in [2.24, 2.45) is 10.9 Å². The van der Waals surface area contributed by atoms with Gasteiger partial charge in [-0.1, -0.05) is 25.1 Å². The molecule has 154 valence electrons. The van der Waals surface area contributed by atoms with E-state index in [1.54, 1.807) is 7.11 Å². The van der Waals surface area contributed by atoms with E-state index in [4.69, 9.17) is 4.74 Å². The van der Waals surface area contributed by atoms with E-state index in [1.807, 2.05) is 13.1 Å². The highest BCUT2D eigenvalue weighted by molar-refractivity contribution is 14.0. The van der Waals surface area contributed by atoms with Crippen molar-refractivity contribution < 1.29 is 4.74 Å².